The molecule has 1 aliphatic carbocycles. The van der Waals surface area contributed by atoms with Crippen LogP contribution >= 0.6 is 11.3 Å². The Morgan fingerprint density at radius 3 is 2.42 bits per heavy atom. The van der Waals surface area contributed by atoms with Crippen molar-refractivity contribution < 1.29 is 17.6 Å². The van der Waals surface area contributed by atoms with Crippen LogP contribution in [0.15, 0.2) is 34.5 Å². The predicted molar refractivity (Wildman–Crippen MR) is 125 cm³/mol. The van der Waals surface area contributed by atoms with Crippen LogP contribution in [0.1, 0.15) is 72.8 Å². The molecule has 1 amide bonds. The molecule has 3 fully saturated rings. The number of piperidine rings is 2. The van der Waals surface area contributed by atoms with Gasteiger partial charge in [0.2, 0.25) is 10.0 Å². The van der Waals surface area contributed by atoms with Gasteiger partial charge < -0.3 is 4.90 Å². The first kappa shape index (κ1) is 22.9. The number of hydrogen-bond acceptors (Lipinski definition) is 5. The summed E-state index contributed by atoms with van der Waals surface area (Å²) < 4.78 is 40.4. The standard InChI is InChI=1S/C24H30FN3O3S2/c25-19-7-9-20(10-8-19)33(30,31)27-14-11-18(12-15-27)23-26-21(16-32-23)24(29)28-13-3-5-17-4-1-2-6-22(17)28/h7-10,16-18,22H,1-6,11-15H2. The zero-order valence-electron chi connectivity index (χ0n) is 18.7. The molecule has 2 saturated heterocycles. The van der Waals surface area contributed by atoms with Crippen molar-refractivity contribution in [3.63, 3.8) is 0 Å². The maximum atomic E-state index is 13.3. The average molecular weight is 492 g/mol. The number of amides is 1. The third kappa shape index (κ3) is 4.59. The molecule has 2 unspecified atom stereocenters. The molecule has 3 aliphatic rings. The van der Waals surface area contributed by atoms with Crippen LogP contribution in [0.2, 0.25) is 0 Å². The highest BCUT2D eigenvalue weighted by molar-refractivity contribution is 7.89. The normalized spacial score (nSPS) is 25.1. The van der Waals surface area contributed by atoms with Gasteiger partial charge in [0.25, 0.3) is 5.91 Å². The molecule has 33 heavy (non-hydrogen) atoms. The summed E-state index contributed by atoms with van der Waals surface area (Å²) >= 11 is 1.52. The third-order valence-electron chi connectivity index (χ3n) is 7.50. The van der Waals surface area contributed by atoms with Crippen molar-refractivity contribution in [2.75, 3.05) is 19.6 Å². The van der Waals surface area contributed by atoms with E-state index in [4.69, 9.17) is 4.98 Å². The fraction of sp³-hybridized carbons (Fsp3) is 0.583. The first-order valence-corrected chi connectivity index (χ1v) is 14.3. The summed E-state index contributed by atoms with van der Waals surface area (Å²) in [6.07, 6.45) is 8.45. The number of hydrogen-bond donors (Lipinski definition) is 0. The van der Waals surface area contributed by atoms with Gasteiger partial charge in [-0.3, -0.25) is 4.79 Å². The summed E-state index contributed by atoms with van der Waals surface area (Å²) in [5.74, 6) is 0.401. The molecule has 6 nitrogen and oxygen atoms in total. The number of fused-ring (bicyclic) bond motifs is 1. The Kier molecular flexibility index (Phi) is 6.55. The lowest BCUT2D eigenvalue weighted by Crippen LogP contribution is -2.49. The number of sulfonamides is 1. The van der Waals surface area contributed by atoms with E-state index in [2.05, 4.69) is 4.90 Å². The number of nitrogens with zero attached hydrogens (tertiary/aromatic N) is 3. The van der Waals surface area contributed by atoms with Crippen LogP contribution in [0.3, 0.4) is 0 Å². The summed E-state index contributed by atoms with van der Waals surface area (Å²) in [6, 6.07) is 5.34. The second kappa shape index (κ2) is 9.43. The molecule has 2 atom stereocenters. The van der Waals surface area contributed by atoms with Crippen LogP contribution in [0.25, 0.3) is 0 Å². The maximum Gasteiger partial charge on any atom is 0.273 e. The first-order chi connectivity index (χ1) is 15.9. The van der Waals surface area contributed by atoms with Crippen LogP contribution in [-0.2, 0) is 10.0 Å². The average Bonchev–Trinajstić information content (AvgIpc) is 3.34. The van der Waals surface area contributed by atoms with Crippen LogP contribution in [0.5, 0.6) is 0 Å². The van der Waals surface area contributed by atoms with Crippen molar-refractivity contribution in [2.24, 2.45) is 5.92 Å². The van der Waals surface area contributed by atoms with Gasteiger partial charge >= 0.3 is 0 Å². The zero-order valence-corrected chi connectivity index (χ0v) is 20.3. The topological polar surface area (TPSA) is 70.6 Å². The Bertz CT molecular complexity index is 1090. The number of aromatic nitrogens is 1. The summed E-state index contributed by atoms with van der Waals surface area (Å²) in [6.45, 7) is 1.61. The number of thiazole rings is 1. The number of carbonyl (C=O) groups excluding carboxylic acids is 1. The van der Waals surface area contributed by atoms with E-state index in [1.54, 1.807) is 0 Å². The quantitative estimate of drug-likeness (QED) is 0.625. The van der Waals surface area contributed by atoms with E-state index < -0.39 is 15.8 Å². The largest absolute Gasteiger partial charge is 0.334 e. The summed E-state index contributed by atoms with van der Waals surface area (Å²) in [7, 11) is -3.63. The smallest absolute Gasteiger partial charge is 0.273 e. The molecular formula is C24H30FN3O3S2. The van der Waals surface area contributed by atoms with Gasteiger partial charge in [-0.2, -0.15) is 4.31 Å². The lowest BCUT2D eigenvalue weighted by Gasteiger charge is -2.43. The van der Waals surface area contributed by atoms with Gasteiger partial charge in [-0.15, -0.1) is 11.3 Å². The van der Waals surface area contributed by atoms with Crippen molar-refractivity contribution in [3.05, 3.63) is 46.2 Å². The minimum absolute atomic E-state index is 0.0606. The molecular weight excluding hydrogens is 461 g/mol. The highest BCUT2D eigenvalue weighted by Crippen LogP contribution is 2.37. The predicted octanol–water partition coefficient (Wildman–Crippen LogP) is 4.65. The number of likely N-dealkylation sites (tertiary alicyclic amines) is 1. The van der Waals surface area contributed by atoms with E-state index in [9.17, 15) is 17.6 Å². The van der Waals surface area contributed by atoms with Crippen LogP contribution in [-0.4, -0.2) is 54.2 Å². The molecule has 0 radical (unpaired) electrons. The molecule has 9 heteroatoms. The lowest BCUT2D eigenvalue weighted by molar-refractivity contribution is 0.0386. The van der Waals surface area contributed by atoms with Crippen LogP contribution in [0, 0.1) is 11.7 Å². The van der Waals surface area contributed by atoms with Gasteiger partial charge in [0.15, 0.2) is 0 Å². The molecule has 0 spiro atoms. The molecule has 1 aromatic heterocycles. The van der Waals surface area contributed by atoms with E-state index in [1.165, 1.54) is 65.6 Å². The van der Waals surface area contributed by atoms with Crippen molar-refractivity contribution in [3.8, 4) is 0 Å². The second-order valence-corrected chi connectivity index (χ2v) is 12.3. The summed E-state index contributed by atoms with van der Waals surface area (Å²) in [5, 5.41) is 2.81. The molecule has 5 rings (SSSR count). The first-order valence-electron chi connectivity index (χ1n) is 12.0. The fourth-order valence-electron chi connectivity index (χ4n) is 5.70. The number of rotatable bonds is 4. The van der Waals surface area contributed by atoms with Gasteiger partial charge in [-0.1, -0.05) is 12.8 Å². The Labute approximate surface area is 198 Å². The highest BCUT2D eigenvalue weighted by atomic mass is 32.2. The van der Waals surface area contributed by atoms with Gasteiger partial charge in [0, 0.05) is 37.0 Å². The fourth-order valence-corrected chi connectivity index (χ4v) is 8.13. The van der Waals surface area contributed by atoms with Gasteiger partial charge in [-0.25, -0.2) is 17.8 Å². The van der Waals surface area contributed by atoms with E-state index in [0.29, 0.717) is 43.6 Å². The van der Waals surface area contributed by atoms with Crippen molar-refractivity contribution >= 4 is 27.3 Å². The minimum Gasteiger partial charge on any atom is -0.334 e. The Balaban J connectivity index is 1.23. The third-order valence-corrected chi connectivity index (χ3v) is 10.4. The SMILES string of the molecule is O=C(c1csc(C2CCN(S(=O)(=O)c3ccc(F)cc3)CC2)n1)N1CCCC2CCCCC21. The van der Waals surface area contributed by atoms with E-state index >= 15 is 0 Å². The molecule has 2 aromatic rings. The molecule has 0 bridgehead atoms. The van der Waals surface area contributed by atoms with E-state index in [-0.39, 0.29) is 16.7 Å². The van der Waals surface area contributed by atoms with Gasteiger partial charge in [0.05, 0.1) is 9.90 Å². The number of carbonyl (C=O) groups is 1. The van der Waals surface area contributed by atoms with Crippen LogP contribution < -0.4 is 0 Å². The zero-order chi connectivity index (χ0) is 23.0. The van der Waals surface area contributed by atoms with Crippen molar-refractivity contribution in [1.29, 1.82) is 0 Å². The monoisotopic (exact) mass is 491 g/mol. The van der Waals surface area contributed by atoms with Crippen LogP contribution in [0.4, 0.5) is 4.39 Å². The van der Waals surface area contributed by atoms with Gasteiger partial charge in [-0.05, 0) is 68.7 Å². The molecule has 1 saturated carbocycles. The molecule has 0 N–H and O–H groups in total. The van der Waals surface area contributed by atoms with Crippen molar-refractivity contribution in [1.82, 2.24) is 14.2 Å². The molecule has 178 valence electrons. The lowest BCUT2D eigenvalue weighted by atomic mass is 9.78. The second-order valence-electron chi connectivity index (χ2n) is 9.46. The van der Waals surface area contributed by atoms with Crippen molar-refractivity contribution in [2.45, 2.75) is 68.2 Å². The Hall–Kier alpha value is -1.84. The maximum absolute atomic E-state index is 13.3. The number of halogens is 1. The van der Waals surface area contributed by atoms with E-state index in [1.807, 2.05) is 5.38 Å². The highest BCUT2D eigenvalue weighted by Gasteiger charge is 2.37. The molecule has 2 aliphatic heterocycles. The summed E-state index contributed by atoms with van der Waals surface area (Å²) in [5.41, 5.74) is 0.544. The minimum atomic E-state index is -3.63. The van der Waals surface area contributed by atoms with Gasteiger partial charge in [0.1, 0.15) is 11.5 Å². The molecule has 3 heterocycles. The Morgan fingerprint density at radius 2 is 1.67 bits per heavy atom. The summed E-state index contributed by atoms with van der Waals surface area (Å²) in [4.78, 5) is 20.2. The number of benzene rings is 1. The molecule has 1 aromatic carbocycles. The van der Waals surface area contributed by atoms with E-state index in [0.717, 1.165) is 24.4 Å². The Morgan fingerprint density at radius 1 is 0.970 bits per heavy atom.